The van der Waals surface area contributed by atoms with Crippen LogP contribution in [-0.4, -0.2) is 45.3 Å². The first-order chi connectivity index (χ1) is 14.9. The lowest BCUT2D eigenvalue weighted by Gasteiger charge is -2.36. The maximum Gasteiger partial charge on any atom is 0.325 e. The molecular weight excluding hydrogens is 398 g/mol. The highest BCUT2D eigenvalue weighted by Crippen LogP contribution is 2.38. The minimum absolute atomic E-state index is 0.00986. The first-order valence-electron chi connectivity index (χ1n) is 10.4. The van der Waals surface area contributed by atoms with Crippen LogP contribution in [0.5, 0.6) is 0 Å². The van der Waals surface area contributed by atoms with Gasteiger partial charge >= 0.3 is 6.03 Å². The van der Waals surface area contributed by atoms with Crippen molar-refractivity contribution in [3.8, 4) is 5.69 Å². The quantitative estimate of drug-likeness (QED) is 0.514. The Labute approximate surface area is 179 Å². The minimum atomic E-state index is -0.922. The number of carbonyl (C=O) groups excluding carboxylic acids is 4. The number of para-hydroxylation sites is 1. The average Bonchev–Trinajstić information content (AvgIpc) is 3.38. The number of aromatic nitrogens is 1. The summed E-state index contributed by atoms with van der Waals surface area (Å²) < 4.78 is 1.79. The highest BCUT2D eigenvalue weighted by atomic mass is 16.2. The van der Waals surface area contributed by atoms with Crippen molar-refractivity contribution in [2.24, 2.45) is 5.92 Å². The van der Waals surface area contributed by atoms with Gasteiger partial charge in [-0.2, -0.15) is 0 Å². The SMILES string of the molecule is C[C@H]1CCCC[C@@]12NC(=O)N(CC(=O)NNC(=O)c1ccccc1-n1cccc1)C2=O. The van der Waals surface area contributed by atoms with E-state index in [4.69, 9.17) is 0 Å². The van der Waals surface area contributed by atoms with Gasteiger partial charge in [0, 0.05) is 12.4 Å². The number of urea groups is 1. The molecule has 2 aromatic rings. The standard InChI is InChI=1S/C22H25N5O4/c1-15-8-4-5-11-22(15)20(30)27(21(31)23-22)14-18(28)24-25-19(29)16-9-2-3-10-17(16)26-12-6-7-13-26/h2-3,6-7,9-10,12-13,15H,4-5,8,11,14H2,1H3,(H,23,31)(H,24,28)(H,25,29)/t15-,22+/m0/s1. The molecule has 1 aromatic carbocycles. The lowest BCUT2D eigenvalue weighted by atomic mass is 9.73. The predicted octanol–water partition coefficient (Wildman–Crippen LogP) is 1.74. The topological polar surface area (TPSA) is 113 Å². The Morgan fingerprint density at radius 2 is 1.84 bits per heavy atom. The van der Waals surface area contributed by atoms with Crippen LogP contribution in [0.25, 0.3) is 5.69 Å². The minimum Gasteiger partial charge on any atom is -0.323 e. The summed E-state index contributed by atoms with van der Waals surface area (Å²) in [6, 6.07) is 10.1. The van der Waals surface area contributed by atoms with Gasteiger partial charge in [0.15, 0.2) is 0 Å². The van der Waals surface area contributed by atoms with Crippen LogP contribution < -0.4 is 16.2 Å². The number of rotatable bonds is 4. The van der Waals surface area contributed by atoms with E-state index in [1.165, 1.54) is 0 Å². The van der Waals surface area contributed by atoms with E-state index in [0.29, 0.717) is 17.7 Å². The fraction of sp³-hybridized carbons (Fsp3) is 0.364. The Kier molecular flexibility index (Phi) is 5.50. The molecule has 1 aliphatic heterocycles. The third-order valence-corrected chi connectivity index (χ3v) is 6.15. The highest BCUT2D eigenvalue weighted by molar-refractivity contribution is 6.09. The number of benzene rings is 1. The Balaban J connectivity index is 1.39. The van der Waals surface area contributed by atoms with Crippen LogP contribution in [-0.2, 0) is 9.59 Å². The van der Waals surface area contributed by atoms with Crippen molar-refractivity contribution in [2.75, 3.05) is 6.54 Å². The molecule has 2 heterocycles. The van der Waals surface area contributed by atoms with Gasteiger partial charge in [0.05, 0.1) is 11.3 Å². The Hall–Kier alpha value is -3.62. The second-order valence-electron chi connectivity index (χ2n) is 8.05. The fourth-order valence-corrected chi connectivity index (χ4v) is 4.40. The second kappa shape index (κ2) is 8.25. The largest absolute Gasteiger partial charge is 0.325 e. The van der Waals surface area contributed by atoms with Crippen molar-refractivity contribution in [1.82, 2.24) is 25.6 Å². The van der Waals surface area contributed by atoms with Crippen molar-refractivity contribution >= 4 is 23.8 Å². The molecule has 1 aromatic heterocycles. The monoisotopic (exact) mass is 423 g/mol. The molecular formula is C22H25N5O4. The Morgan fingerprint density at radius 3 is 2.58 bits per heavy atom. The number of carbonyl (C=O) groups is 4. The number of amides is 5. The average molecular weight is 423 g/mol. The van der Waals surface area contributed by atoms with E-state index in [2.05, 4.69) is 16.2 Å². The fourth-order valence-electron chi connectivity index (χ4n) is 4.40. The van der Waals surface area contributed by atoms with Crippen LogP contribution in [0.2, 0.25) is 0 Å². The van der Waals surface area contributed by atoms with Crippen molar-refractivity contribution < 1.29 is 19.2 Å². The molecule has 2 atom stereocenters. The maximum absolute atomic E-state index is 12.9. The normalized spacial score (nSPS) is 23.0. The zero-order valence-electron chi connectivity index (χ0n) is 17.3. The third kappa shape index (κ3) is 3.78. The summed E-state index contributed by atoms with van der Waals surface area (Å²) in [5.41, 5.74) is 4.76. The van der Waals surface area contributed by atoms with Gasteiger partial charge in [0.2, 0.25) is 0 Å². The molecule has 0 radical (unpaired) electrons. The molecule has 31 heavy (non-hydrogen) atoms. The van der Waals surface area contributed by atoms with Gasteiger partial charge in [-0.15, -0.1) is 0 Å². The van der Waals surface area contributed by atoms with E-state index in [-0.39, 0.29) is 11.8 Å². The molecule has 0 bridgehead atoms. The van der Waals surface area contributed by atoms with Crippen LogP contribution in [0, 0.1) is 5.92 Å². The molecule has 1 saturated carbocycles. The molecule has 3 N–H and O–H groups in total. The summed E-state index contributed by atoms with van der Waals surface area (Å²) in [7, 11) is 0. The van der Waals surface area contributed by atoms with Crippen molar-refractivity contribution in [3.05, 3.63) is 54.4 Å². The summed E-state index contributed by atoms with van der Waals surface area (Å²) in [5, 5.41) is 2.81. The Morgan fingerprint density at radius 1 is 1.10 bits per heavy atom. The van der Waals surface area contributed by atoms with Gasteiger partial charge in [-0.3, -0.25) is 30.1 Å². The number of hydrogen-bond acceptors (Lipinski definition) is 4. The van der Waals surface area contributed by atoms with Crippen LogP contribution in [0.3, 0.4) is 0 Å². The van der Waals surface area contributed by atoms with Crippen molar-refractivity contribution in [1.29, 1.82) is 0 Å². The lowest BCUT2D eigenvalue weighted by molar-refractivity contribution is -0.137. The molecule has 1 aliphatic carbocycles. The maximum atomic E-state index is 12.9. The van der Waals surface area contributed by atoms with Gasteiger partial charge in [-0.25, -0.2) is 4.79 Å². The van der Waals surface area contributed by atoms with Crippen LogP contribution in [0.4, 0.5) is 4.79 Å². The molecule has 0 unspecified atom stereocenters. The summed E-state index contributed by atoms with van der Waals surface area (Å²) in [6.45, 7) is 1.49. The zero-order valence-corrected chi connectivity index (χ0v) is 17.3. The molecule has 9 heteroatoms. The molecule has 4 rings (SSSR count). The number of nitrogens with one attached hydrogen (secondary N) is 3. The lowest BCUT2D eigenvalue weighted by Crippen LogP contribution is -2.54. The molecule has 9 nitrogen and oxygen atoms in total. The van der Waals surface area contributed by atoms with Gasteiger partial charge in [0.1, 0.15) is 12.1 Å². The third-order valence-electron chi connectivity index (χ3n) is 6.15. The first-order valence-corrected chi connectivity index (χ1v) is 10.4. The second-order valence-corrected chi connectivity index (χ2v) is 8.05. The first kappa shape index (κ1) is 20.6. The van der Waals surface area contributed by atoms with Crippen LogP contribution >= 0.6 is 0 Å². The van der Waals surface area contributed by atoms with E-state index in [1.807, 2.05) is 37.5 Å². The van der Waals surface area contributed by atoms with E-state index in [9.17, 15) is 19.2 Å². The van der Waals surface area contributed by atoms with Crippen molar-refractivity contribution in [2.45, 2.75) is 38.1 Å². The van der Waals surface area contributed by atoms with Gasteiger partial charge < -0.3 is 9.88 Å². The molecule has 1 spiro atoms. The molecule has 1 saturated heterocycles. The van der Waals surface area contributed by atoms with Crippen LogP contribution in [0.1, 0.15) is 43.0 Å². The smallest absolute Gasteiger partial charge is 0.323 e. The molecule has 2 aliphatic rings. The van der Waals surface area contributed by atoms with E-state index >= 15 is 0 Å². The molecule has 2 fully saturated rings. The molecule has 162 valence electrons. The number of nitrogens with zero attached hydrogens (tertiary/aromatic N) is 2. The number of hydrazine groups is 1. The summed E-state index contributed by atoms with van der Waals surface area (Å²) in [6.07, 6.45) is 6.91. The van der Waals surface area contributed by atoms with Gasteiger partial charge in [-0.05, 0) is 43.0 Å². The van der Waals surface area contributed by atoms with Gasteiger partial charge in [-0.1, -0.05) is 31.9 Å². The van der Waals surface area contributed by atoms with Crippen LogP contribution in [0.15, 0.2) is 48.8 Å². The van der Waals surface area contributed by atoms with E-state index in [0.717, 1.165) is 24.2 Å². The number of hydrogen-bond donors (Lipinski definition) is 3. The summed E-state index contributed by atoms with van der Waals surface area (Å²) in [4.78, 5) is 51.3. The predicted molar refractivity (Wildman–Crippen MR) is 112 cm³/mol. The van der Waals surface area contributed by atoms with Crippen molar-refractivity contribution in [3.63, 3.8) is 0 Å². The van der Waals surface area contributed by atoms with E-state index in [1.54, 1.807) is 22.8 Å². The highest BCUT2D eigenvalue weighted by Gasteiger charge is 2.55. The van der Waals surface area contributed by atoms with Gasteiger partial charge in [0.25, 0.3) is 17.7 Å². The van der Waals surface area contributed by atoms with E-state index < -0.39 is 29.9 Å². The summed E-state index contributed by atoms with van der Waals surface area (Å²) >= 11 is 0. The summed E-state index contributed by atoms with van der Waals surface area (Å²) in [5.74, 6) is -1.53. The number of imide groups is 1. The Bertz CT molecular complexity index is 1020. The molecule has 5 amide bonds. The zero-order chi connectivity index (χ0) is 22.0.